The molecule has 1 saturated carbocycles. The van der Waals surface area contributed by atoms with Crippen LogP contribution in [0, 0.1) is 0 Å². The summed E-state index contributed by atoms with van der Waals surface area (Å²) in [4.78, 5) is 5.44. The highest BCUT2D eigenvalue weighted by atomic mass is 15.2. The van der Waals surface area contributed by atoms with E-state index in [2.05, 4.69) is 16.7 Å². The number of likely N-dealkylation sites (tertiary alicyclic amines) is 2. The lowest BCUT2D eigenvalue weighted by atomic mass is 9.97. The van der Waals surface area contributed by atoms with Gasteiger partial charge in [0.1, 0.15) is 0 Å². The Morgan fingerprint density at radius 1 is 0.889 bits per heavy atom. The van der Waals surface area contributed by atoms with Gasteiger partial charge < -0.3 is 4.90 Å². The lowest BCUT2D eigenvalue weighted by Crippen LogP contribution is -2.47. The number of hydrogen-bond acceptors (Lipinski definition) is 2. The highest BCUT2D eigenvalue weighted by Gasteiger charge is 2.28. The molecule has 0 radical (unpaired) electrons. The minimum absolute atomic E-state index is 0.892. The van der Waals surface area contributed by atoms with Crippen LogP contribution in [0.2, 0.25) is 0 Å². The molecule has 0 amide bonds. The van der Waals surface area contributed by atoms with Crippen LogP contribution < -0.4 is 0 Å². The van der Waals surface area contributed by atoms with Crippen molar-refractivity contribution in [1.29, 1.82) is 0 Å². The lowest BCUT2D eigenvalue weighted by molar-refractivity contribution is 0.102. The molecule has 18 heavy (non-hydrogen) atoms. The zero-order chi connectivity index (χ0) is 12.4. The molecule has 2 nitrogen and oxygen atoms in total. The van der Waals surface area contributed by atoms with E-state index in [1.807, 2.05) is 11.1 Å². The molecule has 2 saturated heterocycles. The molecule has 0 aromatic rings. The van der Waals surface area contributed by atoms with E-state index in [1.54, 1.807) is 0 Å². The average Bonchev–Trinajstić information content (AvgIpc) is 3.25. The Hall–Kier alpha value is -0.340. The summed E-state index contributed by atoms with van der Waals surface area (Å²) < 4.78 is 0. The second kappa shape index (κ2) is 5.75. The van der Waals surface area contributed by atoms with Crippen LogP contribution in [0.5, 0.6) is 0 Å². The third-order valence-corrected chi connectivity index (χ3v) is 5.01. The van der Waals surface area contributed by atoms with Gasteiger partial charge >= 0.3 is 0 Å². The molecule has 0 bridgehead atoms. The van der Waals surface area contributed by atoms with Crippen molar-refractivity contribution in [3.63, 3.8) is 0 Å². The average molecular weight is 248 g/mol. The van der Waals surface area contributed by atoms with Gasteiger partial charge in [0.25, 0.3) is 0 Å². The van der Waals surface area contributed by atoms with Crippen molar-refractivity contribution in [2.45, 2.75) is 57.9 Å². The van der Waals surface area contributed by atoms with Gasteiger partial charge in [-0.05, 0) is 64.6 Å². The summed E-state index contributed by atoms with van der Waals surface area (Å²) >= 11 is 0. The Labute approximate surface area is 112 Å². The van der Waals surface area contributed by atoms with Gasteiger partial charge in [0.05, 0.1) is 0 Å². The second-order valence-electron chi connectivity index (χ2n) is 6.32. The summed E-state index contributed by atoms with van der Waals surface area (Å²) in [5.74, 6) is 0. The fourth-order valence-electron chi connectivity index (χ4n) is 3.75. The van der Waals surface area contributed by atoms with Crippen LogP contribution in [0.25, 0.3) is 0 Å². The van der Waals surface area contributed by atoms with Crippen LogP contribution >= 0.6 is 0 Å². The molecule has 0 spiro atoms. The van der Waals surface area contributed by atoms with Crippen molar-refractivity contribution in [3.05, 3.63) is 11.1 Å². The number of rotatable bonds is 3. The topological polar surface area (TPSA) is 6.48 Å². The van der Waals surface area contributed by atoms with E-state index < -0.39 is 0 Å². The van der Waals surface area contributed by atoms with Gasteiger partial charge in [-0.2, -0.15) is 0 Å². The summed E-state index contributed by atoms with van der Waals surface area (Å²) in [5.41, 5.74) is 3.64. The Kier molecular flexibility index (Phi) is 4.05. The minimum Gasteiger partial charge on any atom is -0.303 e. The number of allylic oxidation sites excluding steroid dienone is 1. The highest BCUT2D eigenvalue weighted by molar-refractivity contribution is 5.26. The molecule has 3 aliphatic rings. The van der Waals surface area contributed by atoms with E-state index in [-0.39, 0.29) is 0 Å². The maximum atomic E-state index is 2.79. The third-order valence-electron chi connectivity index (χ3n) is 5.01. The Morgan fingerprint density at radius 3 is 2.06 bits per heavy atom. The number of nitrogens with zero attached hydrogens (tertiary/aromatic N) is 2. The number of hydrogen-bond donors (Lipinski definition) is 0. The first-order chi connectivity index (χ1) is 8.86. The Balaban J connectivity index is 1.45. The minimum atomic E-state index is 0.892. The molecule has 0 atom stereocenters. The molecule has 0 unspecified atom stereocenters. The first-order valence-corrected chi connectivity index (χ1v) is 8.03. The van der Waals surface area contributed by atoms with E-state index in [4.69, 9.17) is 0 Å². The molecule has 2 heterocycles. The molecule has 1 aliphatic carbocycles. The van der Waals surface area contributed by atoms with Crippen molar-refractivity contribution in [2.75, 3.05) is 32.7 Å². The first kappa shape index (κ1) is 12.7. The molecular weight excluding hydrogens is 220 g/mol. The maximum Gasteiger partial charge on any atom is 0.0120 e. The molecule has 0 aromatic carbocycles. The van der Waals surface area contributed by atoms with Crippen LogP contribution in [0.4, 0.5) is 0 Å². The van der Waals surface area contributed by atoms with Crippen molar-refractivity contribution in [1.82, 2.24) is 9.80 Å². The van der Waals surface area contributed by atoms with Crippen molar-refractivity contribution < 1.29 is 0 Å². The summed E-state index contributed by atoms with van der Waals surface area (Å²) in [6, 6.07) is 0.892. The van der Waals surface area contributed by atoms with Crippen LogP contribution in [0.15, 0.2) is 11.1 Å². The van der Waals surface area contributed by atoms with E-state index >= 15 is 0 Å². The van der Waals surface area contributed by atoms with Gasteiger partial charge in [0.2, 0.25) is 0 Å². The molecule has 2 heteroatoms. The molecule has 102 valence electrons. The first-order valence-electron chi connectivity index (χ1n) is 8.03. The van der Waals surface area contributed by atoms with Crippen LogP contribution in [-0.2, 0) is 0 Å². The van der Waals surface area contributed by atoms with E-state index in [0.29, 0.717) is 0 Å². The van der Waals surface area contributed by atoms with Gasteiger partial charge in [-0.3, -0.25) is 4.90 Å². The lowest BCUT2D eigenvalue weighted by Gasteiger charge is -2.40. The van der Waals surface area contributed by atoms with Crippen LogP contribution in [-0.4, -0.2) is 48.6 Å². The molecule has 3 rings (SSSR count). The zero-order valence-corrected chi connectivity index (χ0v) is 12.0. The summed E-state index contributed by atoms with van der Waals surface area (Å²) in [5, 5.41) is 0. The van der Waals surface area contributed by atoms with Crippen molar-refractivity contribution >= 4 is 0 Å². The number of piperidine rings is 2. The standard InChI is InChI=1S/C16H28N2/c1-2-9-17-10-7-16(8-11-17)18-12-5-15(6-13-18)14-3-4-14/h16H,2-13H2,1H3. The summed E-state index contributed by atoms with van der Waals surface area (Å²) in [7, 11) is 0. The maximum absolute atomic E-state index is 2.79. The second-order valence-corrected chi connectivity index (χ2v) is 6.32. The van der Waals surface area contributed by atoms with Crippen molar-refractivity contribution in [3.8, 4) is 0 Å². The Bertz CT molecular complexity index is 297. The fraction of sp³-hybridized carbons (Fsp3) is 0.875. The van der Waals surface area contributed by atoms with Crippen molar-refractivity contribution in [2.24, 2.45) is 0 Å². The molecular formula is C16H28N2. The van der Waals surface area contributed by atoms with E-state index in [9.17, 15) is 0 Å². The van der Waals surface area contributed by atoms with Gasteiger partial charge in [-0.15, -0.1) is 0 Å². The van der Waals surface area contributed by atoms with Crippen LogP contribution in [0.3, 0.4) is 0 Å². The zero-order valence-electron chi connectivity index (χ0n) is 12.0. The SMILES string of the molecule is CCCN1CCC(N2CCC(=C3CC3)CC2)CC1. The predicted molar refractivity (Wildman–Crippen MR) is 76.8 cm³/mol. The predicted octanol–water partition coefficient (Wildman–Crippen LogP) is 3.05. The van der Waals surface area contributed by atoms with Gasteiger partial charge in [0, 0.05) is 19.1 Å². The van der Waals surface area contributed by atoms with Gasteiger partial charge in [-0.25, -0.2) is 0 Å². The summed E-state index contributed by atoms with van der Waals surface area (Å²) in [6.07, 6.45) is 9.73. The summed E-state index contributed by atoms with van der Waals surface area (Å²) in [6.45, 7) is 8.97. The largest absolute Gasteiger partial charge is 0.303 e. The van der Waals surface area contributed by atoms with Gasteiger partial charge in [-0.1, -0.05) is 18.1 Å². The molecule has 0 aromatic heterocycles. The third kappa shape index (κ3) is 2.97. The van der Waals surface area contributed by atoms with Crippen LogP contribution in [0.1, 0.15) is 51.9 Å². The normalized spacial score (nSPS) is 27.8. The molecule has 2 aliphatic heterocycles. The van der Waals surface area contributed by atoms with E-state index in [1.165, 1.54) is 77.7 Å². The Morgan fingerprint density at radius 2 is 1.50 bits per heavy atom. The van der Waals surface area contributed by atoms with E-state index in [0.717, 1.165) is 6.04 Å². The molecule has 3 fully saturated rings. The van der Waals surface area contributed by atoms with Gasteiger partial charge in [0.15, 0.2) is 0 Å². The highest BCUT2D eigenvalue weighted by Crippen LogP contribution is 2.36. The fourth-order valence-corrected chi connectivity index (χ4v) is 3.75. The monoisotopic (exact) mass is 248 g/mol. The smallest absolute Gasteiger partial charge is 0.0120 e. The molecule has 0 N–H and O–H groups in total. The quantitative estimate of drug-likeness (QED) is 0.708.